The molecule has 0 saturated heterocycles. The molecule has 0 N–H and O–H groups in total. The third-order valence-corrected chi connectivity index (χ3v) is 8.42. The first-order chi connectivity index (χ1) is 18.5. The summed E-state index contributed by atoms with van der Waals surface area (Å²) in [6.07, 6.45) is 0. The van der Waals surface area contributed by atoms with E-state index in [1.807, 2.05) is 0 Å². The van der Waals surface area contributed by atoms with E-state index >= 15 is 0 Å². The minimum absolute atomic E-state index is 1.27. The van der Waals surface area contributed by atoms with Crippen LogP contribution in [0.4, 0.5) is 0 Å². The smallest absolute Gasteiger partial charge is 0.00259 e. The van der Waals surface area contributed by atoms with Crippen molar-refractivity contribution in [2.45, 2.75) is 27.7 Å². The van der Waals surface area contributed by atoms with Gasteiger partial charge in [-0.3, -0.25) is 0 Å². The van der Waals surface area contributed by atoms with Crippen molar-refractivity contribution < 1.29 is 0 Å². The van der Waals surface area contributed by atoms with E-state index in [9.17, 15) is 0 Å². The summed E-state index contributed by atoms with van der Waals surface area (Å²) < 4.78 is 0. The molecule has 7 aromatic rings. The molecule has 7 aromatic carbocycles. The lowest BCUT2D eigenvalue weighted by Gasteiger charge is -2.21. The van der Waals surface area contributed by atoms with Gasteiger partial charge in [-0.15, -0.1) is 0 Å². The van der Waals surface area contributed by atoms with E-state index in [1.165, 1.54) is 87.6 Å². The van der Waals surface area contributed by atoms with Crippen LogP contribution in [0.25, 0.3) is 65.3 Å². The minimum atomic E-state index is 1.27. The number of benzene rings is 7. The Balaban J connectivity index is 1.68. The number of fused-ring (bicyclic) bond motifs is 4. The summed E-state index contributed by atoms with van der Waals surface area (Å²) in [5.41, 5.74) is 10.5. The second-order valence-corrected chi connectivity index (χ2v) is 10.8. The highest BCUT2D eigenvalue weighted by molar-refractivity contribution is 6.22. The Morgan fingerprint density at radius 2 is 0.632 bits per heavy atom. The third-order valence-electron chi connectivity index (χ3n) is 8.42. The Morgan fingerprint density at radius 3 is 0.974 bits per heavy atom. The molecular weight excluding hydrogens is 456 g/mol. The van der Waals surface area contributed by atoms with Crippen molar-refractivity contribution in [3.63, 3.8) is 0 Å². The van der Waals surface area contributed by atoms with E-state index in [1.54, 1.807) is 0 Å². The highest BCUT2D eigenvalue weighted by Crippen LogP contribution is 2.46. The zero-order valence-electron chi connectivity index (χ0n) is 22.4. The van der Waals surface area contributed by atoms with Crippen LogP contribution < -0.4 is 0 Å². The summed E-state index contributed by atoms with van der Waals surface area (Å²) in [7, 11) is 0. The molecule has 0 bridgehead atoms. The summed E-state index contributed by atoms with van der Waals surface area (Å²) in [5.74, 6) is 0. The Bertz CT molecular complexity index is 1840. The summed E-state index contributed by atoms with van der Waals surface area (Å²) in [5, 5.41) is 10.4. The van der Waals surface area contributed by atoms with Gasteiger partial charge in [0.1, 0.15) is 0 Å². The van der Waals surface area contributed by atoms with Crippen LogP contribution >= 0.6 is 0 Å². The second-order valence-electron chi connectivity index (χ2n) is 10.8. The van der Waals surface area contributed by atoms with Crippen molar-refractivity contribution in [3.8, 4) is 22.3 Å². The van der Waals surface area contributed by atoms with Crippen molar-refractivity contribution in [2.75, 3.05) is 0 Å². The lowest BCUT2D eigenvalue weighted by molar-refractivity contribution is 1.36. The van der Waals surface area contributed by atoms with E-state index in [-0.39, 0.29) is 0 Å². The molecule has 0 nitrogen and oxygen atoms in total. The van der Waals surface area contributed by atoms with Crippen LogP contribution in [0.5, 0.6) is 0 Å². The zero-order valence-corrected chi connectivity index (χ0v) is 22.4. The molecule has 0 heterocycles. The van der Waals surface area contributed by atoms with E-state index in [2.05, 4.69) is 137 Å². The zero-order chi connectivity index (χ0) is 26.0. The van der Waals surface area contributed by atoms with Gasteiger partial charge in [-0.05, 0) is 127 Å². The van der Waals surface area contributed by atoms with E-state index in [0.717, 1.165) is 0 Å². The topological polar surface area (TPSA) is 0 Å². The number of hydrogen-bond donors (Lipinski definition) is 0. The highest BCUT2D eigenvalue weighted by atomic mass is 14.2. The van der Waals surface area contributed by atoms with Crippen LogP contribution in [-0.2, 0) is 0 Å². The fourth-order valence-corrected chi connectivity index (χ4v) is 6.06. The van der Waals surface area contributed by atoms with Gasteiger partial charge in [0.15, 0.2) is 0 Å². The molecule has 0 aromatic heterocycles. The summed E-state index contributed by atoms with van der Waals surface area (Å²) in [6.45, 7) is 8.94. The lowest BCUT2D eigenvalue weighted by atomic mass is 9.83. The first kappa shape index (κ1) is 22.8. The molecule has 0 atom stereocenters. The molecule has 0 aliphatic rings. The average Bonchev–Trinajstić information content (AvgIpc) is 2.93. The molecule has 0 spiro atoms. The van der Waals surface area contributed by atoms with Crippen LogP contribution in [0.3, 0.4) is 0 Å². The first-order valence-corrected chi connectivity index (χ1v) is 13.4. The van der Waals surface area contributed by atoms with Gasteiger partial charge in [-0.2, -0.15) is 0 Å². The molecule has 0 heteroatoms. The Kier molecular flexibility index (Phi) is 5.13. The van der Waals surface area contributed by atoms with Crippen molar-refractivity contribution in [2.24, 2.45) is 0 Å². The second kappa shape index (κ2) is 8.57. The van der Waals surface area contributed by atoms with Gasteiger partial charge < -0.3 is 0 Å². The van der Waals surface area contributed by atoms with Crippen LogP contribution in [0, 0.1) is 27.7 Å². The van der Waals surface area contributed by atoms with E-state index in [0.29, 0.717) is 0 Å². The maximum absolute atomic E-state index is 2.41. The molecule has 0 aliphatic carbocycles. The molecule has 0 fully saturated rings. The Morgan fingerprint density at radius 1 is 0.316 bits per heavy atom. The maximum Gasteiger partial charge on any atom is -0.00259 e. The van der Waals surface area contributed by atoms with Crippen LogP contribution in [0.2, 0.25) is 0 Å². The van der Waals surface area contributed by atoms with Crippen LogP contribution in [-0.4, -0.2) is 0 Å². The Hall–Kier alpha value is -4.42. The molecule has 0 amide bonds. The fraction of sp³-hybridized carbons (Fsp3) is 0.105. The van der Waals surface area contributed by atoms with Crippen molar-refractivity contribution in [3.05, 3.63) is 131 Å². The molecule has 182 valence electrons. The normalized spacial score (nSPS) is 11.7. The molecule has 0 aliphatic heterocycles. The number of rotatable bonds is 2. The quantitative estimate of drug-likeness (QED) is 0.213. The molecule has 0 radical (unpaired) electrons. The van der Waals surface area contributed by atoms with Gasteiger partial charge in [-0.25, -0.2) is 0 Å². The standard InChI is InChI=1S/C38H30/c1-23-17-33-34(18-24(23)2)38(32-16-14-28-10-6-8-12-30(28)22-32)36-20-26(4)25(3)19-35(36)37(33)31-15-13-27-9-5-7-11-29(27)21-31/h5-22H,1-4H3. The predicted octanol–water partition coefficient (Wildman–Crippen LogP) is 10.9. The summed E-state index contributed by atoms with van der Waals surface area (Å²) in [6, 6.07) is 40.8. The van der Waals surface area contributed by atoms with Crippen molar-refractivity contribution in [1.29, 1.82) is 0 Å². The minimum Gasteiger partial charge on any atom is -0.0616 e. The van der Waals surface area contributed by atoms with Crippen molar-refractivity contribution in [1.82, 2.24) is 0 Å². The molecule has 7 rings (SSSR count). The fourth-order valence-electron chi connectivity index (χ4n) is 6.06. The molecule has 0 unspecified atom stereocenters. The first-order valence-electron chi connectivity index (χ1n) is 13.4. The van der Waals surface area contributed by atoms with Gasteiger partial charge in [0.25, 0.3) is 0 Å². The summed E-state index contributed by atoms with van der Waals surface area (Å²) in [4.78, 5) is 0. The molecular formula is C38H30. The molecule has 0 saturated carbocycles. The van der Waals surface area contributed by atoms with E-state index < -0.39 is 0 Å². The van der Waals surface area contributed by atoms with Gasteiger partial charge in [-0.1, -0.05) is 97.1 Å². The van der Waals surface area contributed by atoms with Crippen molar-refractivity contribution >= 4 is 43.1 Å². The van der Waals surface area contributed by atoms with E-state index in [4.69, 9.17) is 0 Å². The highest BCUT2D eigenvalue weighted by Gasteiger charge is 2.19. The predicted molar refractivity (Wildman–Crippen MR) is 166 cm³/mol. The average molecular weight is 487 g/mol. The SMILES string of the molecule is Cc1cc2c(-c3ccc4ccccc4c3)c3cc(C)c(C)cc3c(-c3ccc4ccccc4c3)c2cc1C. The summed E-state index contributed by atoms with van der Waals surface area (Å²) >= 11 is 0. The monoisotopic (exact) mass is 486 g/mol. The lowest BCUT2D eigenvalue weighted by Crippen LogP contribution is -1.95. The molecule has 38 heavy (non-hydrogen) atoms. The number of aryl methyl sites for hydroxylation is 4. The van der Waals surface area contributed by atoms with Gasteiger partial charge in [0.2, 0.25) is 0 Å². The largest absolute Gasteiger partial charge is 0.0616 e. The van der Waals surface area contributed by atoms with Crippen LogP contribution in [0.15, 0.2) is 109 Å². The van der Waals surface area contributed by atoms with Crippen LogP contribution in [0.1, 0.15) is 22.3 Å². The number of hydrogen-bond acceptors (Lipinski definition) is 0. The van der Waals surface area contributed by atoms with Gasteiger partial charge in [0, 0.05) is 0 Å². The maximum atomic E-state index is 2.41. The van der Waals surface area contributed by atoms with Gasteiger partial charge in [0.05, 0.1) is 0 Å². The third kappa shape index (κ3) is 3.52. The van der Waals surface area contributed by atoms with Gasteiger partial charge >= 0.3 is 0 Å². The Labute approximate surface area is 224 Å².